The molecule has 0 unspecified atom stereocenters. The molecule has 0 aliphatic carbocycles. The minimum atomic E-state index is -0.150. The molecule has 2 amide bonds. The first kappa shape index (κ1) is 19.4. The number of ether oxygens (including phenoxy) is 2. The normalized spacial score (nSPS) is 21.8. The van der Waals surface area contributed by atoms with Gasteiger partial charge in [0.05, 0.1) is 25.9 Å². The van der Waals surface area contributed by atoms with E-state index in [0.29, 0.717) is 44.1 Å². The number of hydrogen-bond acceptors (Lipinski definition) is 5. The average molecular weight is 398 g/mol. The monoisotopic (exact) mass is 398 g/mol. The highest BCUT2D eigenvalue weighted by atomic mass is 16.5. The number of rotatable bonds is 4. The van der Waals surface area contributed by atoms with E-state index in [-0.39, 0.29) is 24.0 Å². The maximum absolute atomic E-state index is 13.0. The molecule has 8 nitrogen and oxygen atoms in total. The molecular formula is C21H26N4O4. The molecule has 8 heteroatoms. The Labute approximate surface area is 170 Å². The summed E-state index contributed by atoms with van der Waals surface area (Å²) < 4.78 is 12.5. The van der Waals surface area contributed by atoms with Gasteiger partial charge in [-0.1, -0.05) is 12.1 Å². The highest BCUT2D eigenvalue weighted by Crippen LogP contribution is 2.20. The molecule has 2 aromatic rings. The van der Waals surface area contributed by atoms with Crippen LogP contribution in [0, 0.1) is 0 Å². The van der Waals surface area contributed by atoms with Crippen molar-refractivity contribution in [3.8, 4) is 5.75 Å². The molecule has 4 rings (SSSR count). The van der Waals surface area contributed by atoms with Crippen LogP contribution < -0.4 is 4.74 Å². The molecule has 29 heavy (non-hydrogen) atoms. The smallest absolute Gasteiger partial charge is 0.274 e. The first-order valence-electron chi connectivity index (χ1n) is 9.89. The number of hydrogen-bond donors (Lipinski definition) is 0. The van der Waals surface area contributed by atoms with E-state index >= 15 is 0 Å². The van der Waals surface area contributed by atoms with Gasteiger partial charge in [0.15, 0.2) is 5.69 Å². The van der Waals surface area contributed by atoms with Gasteiger partial charge < -0.3 is 19.3 Å². The number of methoxy groups -OCH3 is 1. The van der Waals surface area contributed by atoms with Crippen LogP contribution in [0.15, 0.2) is 30.3 Å². The van der Waals surface area contributed by atoms with Gasteiger partial charge in [-0.15, -0.1) is 0 Å². The fourth-order valence-corrected chi connectivity index (χ4v) is 3.95. The molecule has 3 heterocycles. The SMILES string of the molecule is COc1ccc(CN2CCn3nc(C(=O)N4C[C@@H](C)O[C@@H](C)C4)cc3C2=O)cc1. The molecular weight excluding hydrogens is 372 g/mol. The van der Waals surface area contributed by atoms with Gasteiger partial charge in [0.1, 0.15) is 11.4 Å². The van der Waals surface area contributed by atoms with Gasteiger partial charge in [-0.3, -0.25) is 14.3 Å². The summed E-state index contributed by atoms with van der Waals surface area (Å²) in [4.78, 5) is 29.4. The number of nitrogens with zero attached hydrogens (tertiary/aromatic N) is 4. The fourth-order valence-electron chi connectivity index (χ4n) is 3.95. The van der Waals surface area contributed by atoms with Crippen LogP contribution in [-0.4, -0.2) is 70.3 Å². The lowest BCUT2D eigenvalue weighted by Gasteiger charge is -2.34. The zero-order valence-electron chi connectivity index (χ0n) is 17.0. The molecule has 0 saturated carbocycles. The molecule has 0 radical (unpaired) electrons. The topological polar surface area (TPSA) is 76.9 Å². The minimum absolute atomic E-state index is 0.0124. The zero-order chi connectivity index (χ0) is 20.5. The van der Waals surface area contributed by atoms with Crippen LogP contribution in [0.2, 0.25) is 0 Å². The molecule has 2 atom stereocenters. The second-order valence-corrected chi connectivity index (χ2v) is 7.68. The summed E-state index contributed by atoms with van der Waals surface area (Å²) in [5.74, 6) is 0.525. The Morgan fingerprint density at radius 3 is 2.52 bits per heavy atom. The largest absolute Gasteiger partial charge is 0.497 e. The maximum atomic E-state index is 13.0. The van der Waals surface area contributed by atoms with Gasteiger partial charge in [-0.25, -0.2) is 0 Å². The maximum Gasteiger partial charge on any atom is 0.274 e. The van der Waals surface area contributed by atoms with Crippen LogP contribution >= 0.6 is 0 Å². The van der Waals surface area contributed by atoms with Gasteiger partial charge in [0.25, 0.3) is 11.8 Å². The van der Waals surface area contributed by atoms with Crippen LogP contribution in [0.3, 0.4) is 0 Å². The third-order valence-corrected chi connectivity index (χ3v) is 5.33. The standard InChI is InChI=1S/C21H26N4O4/c1-14-11-24(12-15(2)29-14)20(26)18-10-19-21(27)23(8-9-25(19)22-18)13-16-4-6-17(28-3)7-5-16/h4-7,10,14-15H,8-9,11-13H2,1-3H3/t14-,15+. The lowest BCUT2D eigenvalue weighted by atomic mass is 10.1. The van der Waals surface area contributed by atoms with E-state index in [1.165, 1.54) is 0 Å². The molecule has 0 N–H and O–H groups in total. The van der Waals surface area contributed by atoms with Crippen molar-refractivity contribution in [2.75, 3.05) is 26.7 Å². The van der Waals surface area contributed by atoms with E-state index in [9.17, 15) is 9.59 Å². The van der Waals surface area contributed by atoms with E-state index in [0.717, 1.165) is 11.3 Å². The summed E-state index contributed by atoms with van der Waals surface area (Å²) in [6.45, 7) is 6.60. The molecule has 0 spiro atoms. The minimum Gasteiger partial charge on any atom is -0.497 e. The Bertz CT molecular complexity index is 898. The summed E-state index contributed by atoms with van der Waals surface area (Å²) in [5.41, 5.74) is 1.81. The molecule has 2 aliphatic rings. The first-order valence-corrected chi connectivity index (χ1v) is 9.89. The van der Waals surface area contributed by atoms with Crippen LogP contribution in [0.25, 0.3) is 0 Å². The van der Waals surface area contributed by atoms with Crippen molar-refractivity contribution in [1.29, 1.82) is 0 Å². The molecule has 0 bridgehead atoms. The van der Waals surface area contributed by atoms with E-state index in [1.54, 1.807) is 27.7 Å². The van der Waals surface area contributed by atoms with Gasteiger partial charge >= 0.3 is 0 Å². The summed E-state index contributed by atoms with van der Waals surface area (Å²) in [7, 11) is 1.63. The van der Waals surface area contributed by atoms with Crippen molar-refractivity contribution in [1.82, 2.24) is 19.6 Å². The number of carbonyl (C=O) groups is 2. The van der Waals surface area contributed by atoms with Gasteiger partial charge in [0.2, 0.25) is 0 Å². The number of aromatic nitrogens is 2. The quantitative estimate of drug-likeness (QED) is 0.785. The second-order valence-electron chi connectivity index (χ2n) is 7.68. The summed E-state index contributed by atoms with van der Waals surface area (Å²) >= 11 is 0. The van der Waals surface area contributed by atoms with E-state index in [1.807, 2.05) is 38.1 Å². The highest BCUT2D eigenvalue weighted by molar-refractivity contribution is 5.98. The van der Waals surface area contributed by atoms with Crippen molar-refractivity contribution in [3.05, 3.63) is 47.3 Å². The van der Waals surface area contributed by atoms with Gasteiger partial charge in [-0.2, -0.15) is 5.10 Å². The molecule has 1 aromatic carbocycles. The van der Waals surface area contributed by atoms with E-state index < -0.39 is 0 Å². The van der Waals surface area contributed by atoms with Crippen LogP contribution in [0.4, 0.5) is 0 Å². The number of fused-ring (bicyclic) bond motifs is 1. The molecule has 154 valence electrons. The lowest BCUT2D eigenvalue weighted by Crippen LogP contribution is -2.48. The Balaban J connectivity index is 1.48. The van der Waals surface area contributed by atoms with Gasteiger partial charge in [0, 0.05) is 32.2 Å². The predicted molar refractivity (Wildman–Crippen MR) is 106 cm³/mol. The third-order valence-electron chi connectivity index (χ3n) is 5.33. The fraction of sp³-hybridized carbons (Fsp3) is 0.476. The molecule has 2 aliphatic heterocycles. The van der Waals surface area contributed by atoms with Crippen molar-refractivity contribution in [2.24, 2.45) is 0 Å². The van der Waals surface area contributed by atoms with Crippen LogP contribution in [-0.2, 0) is 17.8 Å². The predicted octanol–water partition coefficient (Wildman–Crippen LogP) is 1.80. The molecule has 1 fully saturated rings. The van der Waals surface area contributed by atoms with Crippen molar-refractivity contribution < 1.29 is 19.1 Å². The summed E-state index contributed by atoms with van der Waals surface area (Å²) in [5, 5.41) is 4.41. The average Bonchev–Trinajstić information content (AvgIpc) is 3.14. The van der Waals surface area contributed by atoms with Crippen LogP contribution in [0.1, 0.15) is 40.4 Å². The van der Waals surface area contributed by atoms with Crippen molar-refractivity contribution >= 4 is 11.8 Å². The lowest BCUT2D eigenvalue weighted by molar-refractivity contribution is -0.0587. The van der Waals surface area contributed by atoms with E-state index in [4.69, 9.17) is 9.47 Å². The number of amides is 2. The van der Waals surface area contributed by atoms with Crippen molar-refractivity contribution in [3.63, 3.8) is 0 Å². The second kappa shape index (κ2) is 7.87. The molecule has 1 saturated heterocycles. The van der Waals surface area contributed by atoms with E-state index in [2.05, 4.69) is 5.10 Å². The third kappa shape index (κ3) is 3.98. The first-order chi connectivity index (χ1) is 13.9. The molecule has 1 aromatic heterocycles. The highest BCUT2D eigenvalue weighted by Gasteiger charge is 2.32. The Hall–Kier alpha value is -2.87. The Kier molecular flexibility index (Phi) is 5.27. The van der Waals surface area contributed by atoms with Gasteiger partial charge in [-0.05, 0) is 31.5 Å². The zero-order valence-corrected chi connectivity index (χ0v) is 17.0. The summed E-state index contributed by atoms with van der Waals surface area (Å²) in [6.07, 6.45) is -0.0249. The number of carbonyl (C=O) groups excluding carboxylic acids is 2. The number of benzene rings is 1. The van der Waals surface area contributed by atoms with Crippen molar-refractivity contribution in [2.45, 2.75) is 39.1 Å². The number of morpholine rings is 1. The Morgan fingerprint density at radius 2 is 1.86 bits per heavy atom. The van der Waals surface area contributed by atoms with Crippen LogP contribution in [0.5, 0.6) is 5.75 Å². The summed E-state index contributed by atoms with van der Waals surface area (Å²) in [6, 6.07) is 9.29. The Morgan fingerprint density at radius 1 is 1.17 bits per heavy atom.